The maximum Gasteiger partial charge on any atom is 0.405 e. The van der Waals surface area contributed by atoms with Crippen molar-refractivity contribution in [2.24, 2.45) is 0 Å². The molecule has 1 N–H and O–H groups in total. The Hall–Kier alpha value is -1.48. The van der Waals surface area contributed by atoms with E-state index in [2.05, 4.69) is 0 Å². The van der Waals surface area contributed by atoms with Crippen LogP contribution in [0.2, 0.25) is 0 Å². The number of amides is 1. The molecule has 1 aromatic carbocycles. The van der Waals surface area contributed by atoms with Crippen molar-refractivity contribution in [3.05, 3.63) is 23.8 Å². The third kappa shape index (κ3) is 5.80. The van der Waals surface area contributed by atoms with E-state index < -0.39 is 34.1 Å². The Bertz CT molecular complexity index is 631. The average molecular weight is 346 g/mol. The van der Waals surface area contributed by atoms with E-state index in [-0.39, 0.29) is 16.2 Å². The van der Waals surface area contributed by atoms with E-state index in [0.29, 0.717) is 0 Å². The summed E-state index contributed by atoms with van der Waals surface area (Å²) in [7, 11) is 2.43. The van der Waals surface area contributed by atoms with Gasteiger partial charge in [0.2, 0.25) is 5.91 Å². The zero-order valence-electron chi connectivity index (χ0n) is 10.7. The third-order valence-electron chi connectivity index (χ3n) is 2.37. The van der Waals surface area contributed by atoms with Gasteiger partial charge in [0.05, 0.1) is 18.4 Å². The fourth-order valence-corrected chi connectivity index (χ4v) is 2.28. The van der Waals surface area contributed by atoms with Gasteiger partial charge in [-0.25, -0.2) is 8.42 Å². The SMILES string of the molecule is COc1ccc(S(=O)(=O)Cl)cc1CC(=O)NCC(F)(F)F. The second kappa shape index (κ2) is 6.52. The van der Waals surface area contributed by atoms with Gasteiger partial charge in [-0.05, 0) is 18.2 Å². The largest absolute Gasteiger partial charge is 0.496 e. The fraction of sp³-hybridized carbons (Fsp3) is 0.364. The molecule has 1 aromatic rings. The number of carbonyl (C=O) groups excluding carboxylic acids is 1. The van der Waals surface area contributed by atoms with Gasteiger partial charge in [0.15, 0.2) is 0 Å². The van der Waals surface area contributed by atoms with Crippen molar-refractivity contribution in [2.45, 2.75) is 17.5 Å². The van der Waals surface area contributed by atoms with Crippen molar-refractivity contribution in [1.82, 2.24) is 5.32 Å². The van der Waals surface area contributed by atoms with Crippen LogP contribution in [0.5, 0.6) is 5.75 Å². The molecule has 0 bridgehead atoms. The van der Waals surface area contributed by atoms with Gasteiger partial charge < -0.3 is 10.1 Å². The summed E-state index contributed by atoms with van der Waals surface area (Å²) in [4.78, 5) is 11.2. The Balaban J connectivity index is 2.93. The number of benzene rings is 1. The fourth-order valence-electron chi connectivity index (χ4n) is 1.48. The number of hydrogen-bond acceptors (Lipinski definition) is 4. The minimum atomic E-state index is -4.53. The van der Waals surface area contributed by atoms with Crippen LogP contribution in [0.4, 0.5) is 13.2 Å². The molecule has 0 saturated carbocycles. The van der Waals surface area contributed by atoms with E-state index in [4.69, 9.17) is 15.4 Å². The van der Waals surface area contributed by atoms with Crippen LogP contribution in [0, 0.1) is 0 Å². The van der Waals surface area contributed by atoms with Gasteiger partial charge in [-0.15, -0.1) is 0 Å². The van der Waals surface area contributed by atoms with Crippen LogP contribution in [-0.2, 0) is 20.3 Å². The maximum absolute atomic E-state index is 12.0. The first kappa shape index (κ1) is 17.6. The van der Waals surface area contributed by atoms with Crippen LogP contribution in [0.1, 0.15) is 5.56 Å². The summed E-state index contributed by atoms with van der Waals surface area (Å²) in [5, 5.41) is 1.68. The van der Waals surface area contributed by atoms with E-state index in [1.807, 2.05) is 0 Å². The molecule has 0 spiro atoms. The number of alkyl halides is 3. The highest BCUT2D eigenvalue weighted by atomic mass is 35.7. The molecule has 0 heterocycles. The quantitative estimate of drug-likeness (QED) is 0.827. The third-order valence-corrected chi connectivity index (χ3v) is 3.72. The standard InChI is InChI=1S/C11H11ClF3NO4S/c1-20-9-3-2-8(21(12,18)19)4-7(9)5-10(17)16-6-11(13,14)15/h2-4H,5-6H2,1H3,(H,16,17). The van der Waals surface area contributed by atoms with Gasteiger partial charge in [-0.1, -0.05) is 0 Å². The van der Waals surface area contributed by atoms with E-state index >= 15 is 0 Å². The average Bonchev–Trinajstić information content (AvgIpc) is 2.34. The lowest BCUT2D eigenvalue weighted by Crippen LogP contribution is -2.34. The molecular formula is C11H11ClF3NO4S. The molecular weight excluding hydrogens is 335 g/mol. The second-order valence-electron chi connectivity index (χ2n) is 3.98. The molecule has 0 radical (unpaired) electrons. The number of halogens is 4. The highest BCUT2D eigenvalue weighted by molar-refractivity contribution is 8.13. The van der Waals surface area contributed by atoms with Gasteiger partial charge >= 0.3 is 6.18 Å². The van der Waals surface area contributed by atoms with Crippen molar-refractivity contribution in [3.8, 4) is 5.75 Å². The second-order valence-corrected chi connectivity index (χ2v) is 6.55. The zero-order valence-corrected chi connectivity index (χ0v) is 12.3. The minimum Gasteiger partial charge on any atom is -0.496 e. The Morgan fingerprint density at radius 1 is 1.38 bits per heavy atom. The Morgan fingerprint density at radius 3 is 2.48 bits per heavy atom. The van der Waals surface area contributed by atoms with E-state index in [9.17, 15) is 26.4 Å². The van der Waals surface area contributed by atoms with Gasteiger partial charge in [-0.2, -0.15) is 13.2 Å². The predicted octanol–water partition coefficient (Wildman–Crippen LogP) is 1.84. The molecule has 0 aliphatic heterocycles. The first-order valence-electron chi connectivity index (χ1n) is 5.48. The van der Waals surface area contributed by atoms with Crippen LogP contribution in [0.3, 0.4) is 0 Å². The minimum absolute atomic E-state index is 0.110. The molecule has 0 aliphatic rings. The molecule has 0 saturated heterocycles. The number of rotatable bonds is 5. The highest BCUT2D eigenvalue weighted by Gasteiger charge is 2.27. The van der Waals surface area contributed by atoms with Gasteiger partial charge in [-0.3, -0.25) is 4.79 Å². The molecule has 5 nitrogen and oxygen atoms in total. The molecule has 0 fully saturated rings. The topological polar surface area (TPSA) is 72.5 Å². The summed E-state index contributed by atoms with van der Waals surface area (Å²) in [5.41, 5.74) is 0.110. The summed E-state index contributed by atoms with van der Waals surface area (Å²) in [6.07, 6.45) is -5.00. The van der Waals surface area contributed by atoms with Crippen molar-refractivity contribution in [3.63, 3.8) is 0 Å². The summed E-state index contributed by atoms with van der Waals surface area (Å²) < 4.78 is 63.3. The Kier molecular flexibility index (Phi) is 5.46. The van der Waals surface area contributed by atoms with Crippen molar-refractivity contribution < 1.29 is 31.1 Å². The molecule has 1 amide bonds. The molecule has 0 unspecified atom stereocenters. The number of carbonyl (C=O) groups is 1. The first-order valence-corrected chi connectivity index (χ1v) is 7.79. The van der Waals surface area contributed by atoms with Crippen LogP contribution >= 0.6 is 10.7 Å². The summed E-state index contributed by atoms with van der Waals surface area (Å²) in [6, 6.07) is 3.51. The summed E-state index contributed by atoms with van der Waals surface area (Å²) >= 11 is 0. The van der Waals surface area contributed by atoms with Crippen molar-refractivity contribution in [1.29, 1.82) is 0 Å². The molecule has 0 aliphatic carbocycles. The van der Waals surface area contributed by atoms with Crippen molar-refractivity contribution in [2.75, 3.05) is 13.7 Å². The lowest BCUT2D eigenvalue weighted by Gasteiger charge is -2.11. The number of nitrogens with one attached hydrogen (secondary N) is 1. The zero-order chi connectivity index (χ0) is 16.3. The smallest absolute Gasteiger partial charge is 0.405 e. The van der Waals surface area contributed by atoms with E-state index in [1.165, 1.54) is 13.2 Å². The van der Waals surface area contributed by atoms with Crippen LogP contribution in [0.25, 0.3) is 0 Å². The normalized spacial score (nSPS) is 12.0. The molecule has 0 aromatic heterocycles. The van der Waals surface area contributed by atoms with Crippen LogP contribution in [-0.4, -0.2) is 34.2 Å². The number of ether oxygens (including phenoxy) is 1. The van der Waals surface area contributed by atoms with Crippen molar-refractivity contribution >= 4 is 25.6 Å². The van der Waals surface area contributed by atoms with Crippen LogP contribution in [0.15, 0.2) is 23.1 Å². The molecule has 10 heteroatoms. The Labute approximate surface area is 123 Å². The first-order chi connectivity index (χ1) is 9.53. The maximum atomic E-state index is 12.0. The Morgan fingerprint density at radius 2 is 2.00 bits per heavy atom. The highest BCUT2D eigenvalue weighted by Crippen LogP contribution is 2.25. The lowest BCUT2D eigenvalue weighted by molar-refractivity contribution is -0.138. The summed E-state index contributed by atoms with van der Waals surface area (Å²) in [5.74, 6) is -0.754. The predicted molar refractivity (Wildman–Crippen MR) is 68.8 cm³/mol. The van der Waals surface area contributed by atoms with E-state index in [1.54, 1.807) is 5.32 Å². The van der Waals surface area contributed by atoms with Gasteiger partial charge in [0.25, 0.3) is 9.05 Å². The van der Waals surface area contributed by atoms with Crippen LogP contribution < -0.4 is 10.1 Å². The van der Waals surface area contributed by atoms with E-state index in [0.717, 1.165) is 12.1 Å². The van der Waals surface area contributed by atoms with Gasteiger partial charge in [0.1, 0.15) is 12.3 Å². The monoisotopic (exact) mass is 345 g/mol. The summed E-state index contributed by atoms with van der Waals surface area (Å²) in [6.45, 7) is -1.47. The molecule has 21 heavy (non-hydrogen) atoms. The van der Waals surface area contributed by atoms with Gasteiger partial charge in [0, 0.05) is 16.2 Å². The number of hydrogen-bond donors (Lipinski definition) is 1. The molecule has 118 valence electrons. The number of methoxy groups -OCH3 is 1. The molecule has 0 atom stereocenters. The molecule has 1 rings (SSSR count). The lowest BCUT2D eigenvalue weighted by atomic mass is 10.1.